The van der Waals surface area contributed by atoms with Crippen molar-refractivity contribution in [3.63, 3.8) is 0 Å². The maximum Gasteiger partial charge on any atom is 0.270 e. The van der Waals surface area contributed by atoms with Crippen LogP contribution < -0.4 is 24.8 Å². The normalized spacial score (nSPS) is 12.2. The van der Waals surface area contributed by atoms with Gasteiger partial charge < -0.3 is 24.8 Å². The first-order valence-electron chi connectivity index (χ1n) is 9.12. The maximum atomic E-state index is 12.5. The van der Waals surface area contributed by atoms with Gasteiger partial charge in [0.25, 0.3) is 5.91 Å². The Balaban J connectivity index is 1.43. The fourth-order valence-corrected chi connectivity index (χ4v) is 2.93. The van der Waals surface area contributed by atoms with Gasteiger partial charge >= 0.3 is 0 Å². The van der Waals surface area contributed by atoms with Crippen molar-refractivity contribution in [2.24, 2.45) is 0 Å². The van der Waals surface area contributed by atoms with Crippen LogP contribution in [0.1, 0.15) is 16.1 Å². The molecule has 8 nitrogen and oxygen atoms in total. The summed E-state index contributed by atoms with van der Waals surface area (Å²) in [6.07, 6.45) is 1.35. The molecule has 0 unspecified atom stereocenters. The smallest absolute Gasteiger partial charge is 0.270 e. The molecule has 0 aliphatic carbocycles. The molecular formula is C21H20N4O4. The lowest BCUT2D eigenvalue weighted by atomic mass is 10.2. The first-order valence-corrected chi connectivity index (χ1v) is 9.12. The summed E-state index contributed by atoms with van der Waals surface area (Å²) in [7, 11) is 1.60. The molecule has 1 amide bonds. The standard InChI is InChI=1S/C21H20N4O4/c1-27-17-5-3-2-4-14(17)12-22-21(26)16-11-20(24-13-23-16)25-15-6-7-18-19(10-15)29-9-8-28-18/h2-7,10-11,13H,8-9,12H2,1H3,(H,22,26)(H,23,24,25). The number of hydrogen-bond acceptors (Lipinski definition) is 7. The average Bonchev–Trinajstić information content (AvgIpc) is 2.77. The van der Waals surface area contributed by atoms with Gasteiger partial charge in [-0.15, -0.1) is 0 Å². The monoisotopic (exact) mass is 392 g/mol. The van der Waals surface area contributed by atoms with Gasteiger partial charge in [-0.1, -0.05) is 18.2 Å². The molecule has 1 aliphatic rings. The molecule has 0 bridgehead atoms. The molecule has 2 N–H and O–H groups in total. The molecule has 0 saturated carbocycles. The molecule has 2 aromatic carbocycles. The fraction of sp³-hybridized carbons (Fsp3) is 0.190. The molecule has 1 aliphatic heterocycles. The Kier molecular flexibility index (Phi) is 5.42. The highest BCUT2D eigenvalue weighted by molar-refractivity contribution is 5.93. The zero-order valence-corrected chi connectivity index (χ0v) is 15.8. The fourth-order valence-electron chi connectivity index (χ4n) is 2.93. The molecule has 148 valence electrons. The van der Waals surface area contributed by atoms with E-state index in [4.69, 9.17) is 14.2 Å². The first kappa shape index (κ1) is 18.5. The van der Waals surface area contributed by atoms with E-state index >= 15 is 0 Å². The molecule has 0 saturated heterocycles. The molecule has 1 aromatic heterocycles. The molecule has 29 heavy (non-hydrogen) atoms. The third-order valence-corrected chi connectivity index (χ3v) is 4.35. The molecular weight excluding hydrogens is 372 g/mol. The van der Waals surface area contributed by atoms with E-state index in [9.17, 15) is 4.79 Å². The van der Waals surface area contributed by atoms with Crippen molar-refractivity contribution in [3.8, 4) is 17.2 Å². The Hall–Kier alpha value is -3.81. The second kappa shape index (κ2) is 8.47. The lowest BCUT2D eigenvalue weighted by molar-refractivity contribution is 0.0945. The summed E-state index contributed by atoms with van der Waals surface area (Å²) < 4.78 is 16.4. The number of benzene rings is 2. The number of fused-ring (bicyclic) bond motifs is 1. The predicted octanol–water partition coefficient (Wildman–Crippen LogP) is 2.93. The number of aromatic nitrogens is 2. The molecule has 3 aromatic rings. The summed E-state index contributed by atoms with van der Waals surface area (Å²) in [5, 5.41) is 6.00. The van der Waals surface area contributed by atoms with Crippen LogP contribution in [0.5, 0.6) is 17.2 Å². The van der Waals surface area contributed by atoms with Gasteiger partial charge in [0.1, 0.15) is 36.8 Å². The predicted molar refractivity (Wildman–Crippen MR) is 107 cm³/mol. The maximum absolute atomic E-state index is 12.5. The van der Waals surface area contributed by atoms with Gasteiger partial charge in [0.2, 0.25) is 0 Å². The van der Waals surface area contributed by atoms with Crippen LogP contribution >= 0.6 is 0 Å². The first-order chi connectivity index (χ1) is 14.2. The summed E-state index contributed by atoms with van der Waals surface area (Å²) in [5.41, 5.74) is 1.91. The molecule has 0 atom stereocenters. The number of methoxy groups -OCH3 is 1. The number of ether oxygens (including phenoxy) is 3. The van der Waals surface area contributed by atoms with Crippen molar-refractivity contribution in [1.29, 1.82) is 0 Å². The minimum Gasteiger partial charge on any atom is -0.496 e. The summed E-state index contributed by atoms with van der Waals surface area (Å²) in [5.74, 6) is 2.30. The van der Waals surface area contributed by atoms with Gasteiger partial charge in [-0.05, 0) is 18.2 Å². The molecule has 0 spiro atoms. The number of amides is 1. The lowest BCUT2D eigenvalue weighted by Crippen LogP contribution is -2.24. The number of anilines is 2. The Labute approximate surface area is 167 Å². The van der Waals surface area contributed by atoms with Gasteiger partial charge in [0, 0.05) is 29.9 Å². The van der Waals surface area contributed by atoms with E-state index < -0.39 is 0 Å². The Bertz CT molecular complexity index is 1030. The summed E-state index contributed by atoms with van der Waals surface area (Å²) >= 11 is 0. The van der Waals surface area contributed by atoms with Crippen molar-refractivity contribution in [3.05, 3.63) is 66.1 Å². The van der Waals surface area contributed by atoms with Gasteiger partial charge in [-0.2, -0.15) is 0 Å². The van der Waals surface area contributed by atoms with Crippen molar-refractivity contribution >= 4 is 17.4 Å². The van der Waals surface area contributed by atoms with Crippen LogP contribution in [-0.4, -0.2) is 36.2 Å². The van der Waals surface area contributed by atoms with Crippen molar-refractivity contribution in [1.82, 2.24) is 15.3 Å². The summed E-state index contributed by atoms with van der Waals surface area (Å²) in [6, 6.07) is 14.6. The number of nitrogens with one attached hydrogen (secondary N) is 2. The van der Waals surface area contributed by atoms with Crippen molar-refractivity contribution in [2.45, 2.75) is 6.54 Å². The average molecular weight is 392 g/mol. The lowest BCUT2D eigenvalue weighted by Gasteiger charge is -2.19. The van der Waals surface area contributed by atoms with E-state index in [1.807, 2.05) is 42.5 Å². The number of rotatable bonds is 6. The van der Waals surface area contributed by atoms with Crippen LogP contribution in [0.15, 0.2) is 54.9 Å². The van der Waals surface area contributed by atoms with Crippen molar-refractivity contribution < 1.29 is 19.0 Å². The SMILES string of the molecule is COc1ccccc1CNC(=O)c1cc(Nc2ccc3c(c2)OCCO3)ncn1. The zero-order valence-electron chi connectivity index (χ0n) is 15.8. The molecule has 4 rings (SSSR count). The number of nitrogens with zero attached hydrogens (tertiary/aromatic N) is 2. The van der Waals surface area contributed by atoms with E-state index in [1.54, 1.807) is 13.2 Å². The van der Waals surface area contributed by atoms with Crippen LogP contribution in [0.25, 0.3) is 0 Å². The van der Waals surface area contributed by atoms with Gasteiger partial charge in [0.05, 0.1) is 7.11 Å². The van der Waals surface area contributed by atoms with Crippen LogP contribution in [0.4, 0.5) is 11.5 Å². The highest BCUT2D eigenvalue weighted by Gasteiger charge is 2.13. The van der Waals surface area contributed by atoms with Crippen LogP contribution in [-0.2, 0) is 6.54 Å². The quantitative estimate of drug-likeness (QED) is 0.666. The number of carbonyl (C=O) groups excluding carboxylic acids is 1. The highest BCUT2D eigenvalue weighted by Crippen LogP contribution is 2.33. The second-order valence-corrected chi connectivity index (χ2v) is 6.27. The van der Waals surface area contributed by atoms with Crippen LogP contribution in [0.2, 0.25) is 0 Å². The Morgan fingerprint density at radius 3 is 2.76 bits per heavy atom. The third-order valence-electron chi connectivity index (χ3n) is 4.35. The number of para-hydroxylation sites is 1. The van der Waals surface area contributed by atoms with Crippen LogP contribution in [0.3, 0.4) is 0 Å². The van der Waals surface area contributed by atoms with E-state index in [-0.39, 0.29) is 11.6 Å². The third kappa shape index (κ3) is 4.37. The Morgan fingerprint density at radius 2 is 1.90 bits per heavy atom. The number of hydrogen-bond donors (Lipinski definition) is 2. The van der Waals surface area contributed by atoms with E-state index in [1.165, 1.54) is 6.33 Å². The van der Waals surface area contributed by atoms with E-state index in [0.29, 0.717) is 37.1 Å². The topological polar surface area (TPSA) is 94.6 Å². The second-order valence-electron chi connectivity index (χ2n) is 6.27. The van der Waals surface area contributed by atoms with Crippen LogP contribution in [0, 0.1) is 0 Å². The van der Waals surface area contributed by atoms with Crippen molar-refractivity contribution in [2.75, 3.05) is 25.6 Å². The molecule has 2 heterocycles. The van der Waals surface area contributed by atoms with E-state index in [0.717, 1.165) is 17.0 Å². The van der Waals surface area contributed by atoms with Gasteiger partial charge in [-0.3, -0.25) is 4.79 Å². The number of carbonyl (C=O) groups is 1. The van der Waals surface area contributed by atoms with E-state index in [2.05, 4.69) is 20.6 Å². The van der Waals surface area contributed by atoms with Gasteiger partial charge in [-0.25, -0.2) is 9.97 Å². The zero-order chi connectivity index (χ0) is 20.1. The molecule has 0 fully saturated rings. The highest BCUT2D eigenvalue weighted by atomic mass is 16.6. The minimum atomic E-state index is -0.302. The molecule has 0 radical (unpaired) electrons. The Morgan fingerprint density at radius 1 is 1.07 bits per heavy atom. The summed E-state index contributed by atoms with van der Waals surface area (Å²) in [6.45, 7) is 1.39. The van der Waals surface area contributed by atoms with Gasteiger partial charge in [0.15, 0.2) is 11.5 Å². The largest absolute Gasteiger partial charge is 0.496 e. The molecule has 8 heteroatoms. The summed E-state index contributed by atoms with van der Waals surface area (Å²) in [4.78, 5) is 20.8. The minimum absolute atomic E-state index is 0.259.